The van der Waals surface area contributed by atoms with Gasteiger partial charge in [-0.25, -0.2) is 0 Å². The summed E-state index contributed by atoms with van der Waals surface area (Å²) in [6.45, 7) is 23.8. The molecule has 3 aliphatic heterocycles. The van der Waals surface area contributed by atoms with Crippen LogP contribution in [0.25, 0.3) is 44.2 Å². The van der Waals surface area contributed by atoms with Crippen LogP contribution < -0.4 is 25.4 Å². The molecule has 73 heavy (non-hydrogen) atoms. The SMILES string of the molecule is Cc1cc2c(cc1N1c3cc4c(cc3B3c5c1cc1ccccc1c5-c1cc5c(cc1N3c1ccc(C(C)(C)C)cc1-c1ccccc1)-c1ccccc1C5(C)C)Oc1ccccc1S4)C(C)(C)CCC2(C)C. The molecule has 0 saturated heterocycles. The summed E-state index contributed by atoms with van der Waals surface area (Å²) in [4.78, 5) is 7.68. The highest BCUT2D eigenvalue weighted by Crippen LogP contribution is 2.59. The first kappa shape index (κ1) is 44.7. The van der Waals surface area contributed by atoms with Crippen LogP contribution in [0.4, 0.5) is 28.4 Å². The molecule has 0 bridgehead atoms. The van der Waals surface area contributed by atoms with E-state index >= 15 is 0 Å². The molecule has 9 aromatic carbocycles. The summed E-state index contributed by atoms with van der Waals surface area (Å²) in [7, 11) is 0. The molecule has 0 aromatic heterocycles. The molecular formula is C68H61BN2OS. The molecule has 0 saturated carbocycles. The van der Waals surface area contributed by atoms with Crippen LogP contribution in [0, 0.1) is 6.92 Å². The molecule has 0 N–H and O–H groups in total. The van der Waals surface area contributed by atoms with E-state index in [9.17, 15) is 0 Å². The van der Waals surface area contributed by atoms with Gasteiger partial charge in [0.1, 0.15) is 11.5 Å². The van der Waals surface area contributed by atoms with Crippen molar-refractivity contribution in [1.29, 1.82) is 0 Å². The van der Waals surface area contributed by atoms with Crippen LogP contribution in [0.1, 0.15) is 109 Å². The fraction of sp³-hybridized carbons (Fsp3) is 0.235. The fourth-order valence-electron chi connectivity index (χ4n) is 13.5. The van der Waals surface area contributed by atoms with Gasteiger partial charge in [0.05, 0.1) is 9.79 Å². The Morgan fingerprint density at radius 3 is 2.03 bits per heavy atom. The lowest BCUT2D eigenvalue weighted by molar-refractivity contribution is 0.332. The zero-order valence-corrected chi connectivity index (χ0v) is 44.6. The standard InChI is InChI=1S/C68H61BN2OS/c1-40-32-51-52(67(7,8)31-30-66(51,5)6)37-55(40)70-57-39-62-60(72-59-26-18-19-27-61(59)73-62)38-53(57)69-64-58(70)33-42-22-14-15-23-44(42)63(64)48-35-50-47(45-24-16-17-25-49(45)68(50,9)10)36-56(48)71(69)54-29-28-43(65(2,3)4)34-46(54)41-20-12-11-13-21-41/h11-29,32-39H,30-31H2,1-10H3. The number of rotatable bonds is 3. The van der Waals surface area contributed by atoms with Crippen molar-refractivity contribution < 1.29 is 4.74 Å². The lowest BCUT2D eigenvalue weighted by Gasteiger charge is -2.48. The van der Waals surface area contributed by atoms with Crippen molar-refractivity contribution >= 4 is 68.7 Å². The number of fused-ring (bicyclic) bond motifs is 12. The number of aryl methyl sites for hydroxylation is 1. The molecule has 0 spiro atoms. The average molecular weight is 965 g/mol. The molecule has 3 heterocycles. The van der Waals surface area contributed by atoms with Crippen LogP contribution in [-0.4, -0.2) is 6.85 Å². The molecule has 0 atom stereocenters. The molecule has 2 aliphatic carbocycles. The third kappa shape index (κ3) is 6.46. The highest BCUT2D eigenvalue weighted by atomic mass is 32.2. The second kappa shape index (κ2) is 15.3. The van der Waals surface area contributed by atoms with Gasteiger partial charge in [-0.1, -0.05) is 177 Å². The van der Waals surface area contributed by atoms with Crippen molar-refractivity contribution in [2.45, 2.75) is 114 Å². The Bertz CT molecular complexity index is 3860. The number of nitrogens with zero attached hydrogens (tertiary/aromatic N) is 2. The summed E-state index contributed by atoms with van der Waals surface area (Å²) in [6, 6.07) is 62.9. The van der Waals surface area contributed by atoms with Crippen LogP contribution in [-0.2, 0) is 21.7 Å². The summed E-state index contributed by atoms with van der Waals surface area (Å²) in [6.07, 6.45) is 2.32. The maximum absolute atomic E-state index is 7.05. The Labute approximate surface area is 436 Å². The van der Waals surface area contributed by atoms with Crippen molar-refractivity contribution in [3.8, 4) is 44.9 Å². The molecule has 5 aliphatic rings. The van der Waals surface area contributed by atoms with Gasteiger partial charge in [0.15, 0.2) is 0 Å². The average Bonchev–Trinajstić information content (AvgIpc) is 3.61. The third-order valence-electron chi connectivity index (χ3n) is 17.6. The van der Waals surface area contributed by atoms with E-state index in [-0.39, 0.29) is 28.5 Å². The van der Waals surface area contributed by atoms with Gasteiger partial charge >= 0.3 is 6.85 Å². The van der Waals surface area contributed by atoms with Crippen LogP contribution in [0.15, 0.2) is 174 Å². The highest BCUT2D eigenvalue weighted by Gasteiger charge is 2.49. The molecule has 14 rings (SSSR count). The first-order valence-electron chi connectivity index (χ1n) is 26.4. The van der Waals surface area contributed by atoms with Gasteiger partial charge in [0.25, 0.3) is 0 Å². The minimum absolute atomic E-state index is 0.0219. The summed E-state index contributed by atoms with van der Waals surface area (Å²) in [5, 5.41) is 2.52. The summed E-state index contributed by atoms with van der Waals surface area (Å²) >= 11 is 1.82. The van der Waals surface area contributed by atoms with Crippen molar-refractivity contribution in [2.24, 2.45) is 0 Å². The normalized spacial score (nSPS) is 16.8. The maximum atomic E-state index is 7.05. The Kier molecular flexibility index (Phi) is 9.38. The Morgan fingerprint density at radius 1 is 0.521 bits per heavy atom. The lowest BCUT2D eigenvalue weighted by atomic mass is 9.43. The maximum Gasteiger partial charge on any atom is 0.333 e. The lowest BCUT2D eigenvalue weighted by Crippen LogP contribution is -2.61. The van der Waals surface area contributed by atoms with E-state index in [1.54, 1.807) is 0 Å². The van der Waals surface area contributed by atoms with E-state index in [2.05, 4.69) is 243 Å². The summed E-state index contributed by atoms with van der Waals surface area (Å²) in [5.41, 5.74) is 24.4. The van der Waals surface area contributed by atoms with Gasteiger partial charge in [-0.3, -0.25) is 0 Å². The van der Waals surface area contributed by atoms with E-state index in [4.69, 9.17) is 4.74 Å². The molecule has 9 aromatic rings. The van der Waals surface area contributed by atoms with E-state index in [0.29, 0.717) is 0 Å². The molecule has 0 unspecified atom stereocenters. The molecule has 3 nitrogen and oxygen atoms in total. The van der Waals surface area contributed by atoms with Crippen molar-refractivity contribution in [3.05, 3.63) is 197 Å². The van der Waals surface area contributed by atoms with Crippen LogP contribution >= 0.6 is 11.8 Å². The van der Waals surface area contributed by atoms with Gasteiger partial charge in [-0.05, 0) is 174 Å². The zero-order valence-electron chi connectivity index (χ0n) is 43.8. The van der Waals surface area contributed by atoms with E-state index in [1.807, 2.05) is 11.8 Å². The second-order valence-corrected chi connectivity index (χ2v) is 25.5. The number of benzene rings is 9. The van der Waals surface area contributed by atoms with Crippen LogP contribution in [0.5, 0.6) is 11.5 Å². The van der Waals surface area contributed by atoms with Gasteiger partial charge in [-0.15, -0.1) is 0 Å². The molecule has 0 amide bonds. The quantitative estimate of drug-likeness (QED) is 0.164. The topological polar surface area (TPSA) is 15.7 Å². The molecule has 0 fully saturated rings. The van der Waals surface area contributed by atoms with E-state index in [1.165, 1.54) is 123 Å². The van der Waals surface area contributed by atoms with Gasteiger partial charge < -0.3 is 14.4 Å². The van der Waals surface area contributed by atoms with Gasteiger partial charge in [0.2, 0.25) is 0 Å². The minimum atomic E-state index is -0.233. The monoisotopic (exact) mass is 964 g/mol. The predicted molar refractivity (Wildman–Crippen MR) is 310 cm³/mol. The number of hydrogen-bond acceptors (Lipinski definition) is 4. The van der Waals surface area contributed by atoms with E-state index < -0.39 is 0 Å². The number of anilines is 5. The smallest absolute Gasteiger partial charge is 0.333 e. The second-order valence-electron chi connectivity index (χ2n) is 24.4. The number of para-hydroxylation sites is 1. The van der Waals surface area contributed by atoms with Crippen molar-refractivity contribution in [3.63, 3.8) is 0 Å². The molecule has 358 valence electrons. The van der Waals surface area contributed by atoms with Gasteiger partial charge in [0, 0.05) is 45.0 Å². The fourth-order valence-corrected chi connectivity index (χ4v) is 14.4. The Balaban J connectivity index is 1.15. The highest BCUT2D eigenvalue weighted by molar-refractivity contribution is 7.99. The molecule has 5 heteroatoms. The van der Waals surface area contributed by atoms with Gasteiger partial charge in [-0.2, -0.15) is 0 Å². The minimum Gasteiger partial charge on any atom is -0.455 e. The molecular weight excluding hydrogens is 904 g/mol. The first-order valence-corrected chi connectivity index (χ1v) is 27.2. The third-order valence-corrected chi connectivity index (χ3v) is 18.7. The first-order chi connectivity index (χ1) is 35.0. The number of ether oxygens (including phenoxy) is 1. The van der Waals surface area contributed by atoms with E-state index in [0.717, 1.165) is 27.7 Å². The number of hydrogen-bond donors (Lipinski definition) is 0. The van der Waals surface area contributed by atoms with Crippen LogP contribution in [0.3, 0.4) is 0 Å². The summed E-state index contributed by atoms with van der Waals surface area (Å²) < 4.78 is 7.05. The Morgan fingerprint density at radius 2 is 1.23 bits per heavy atom. The van der Waals surface area contributed by atoms with Crippen molar-refractivity contribution in [2.75, 3.05) is 9.71 Å². The summed E-state index contributed by atoms with van der Waals surface area (Å²) in [5.74, 6) is 1.81. The molecule has 0 radical (unpaired) electrons. The largest absolute Gasteiger partial charge is 0.455 e. The predicted octanol–water partition coefficient (Wildman–Crippen LogP) is 17.7. The van der Waals surface area contributed by atoms with Crippen molar-refractivity contribution in [1.82, 2.24) is 0 Å². The zero-order chi connectivity index (χ0) is 50.1. The van der Waals surface area contributed by atoms with Crippen LogP contribution in [0.2, 0.25) is 0 Å². The Hall–Kier alpha value is -6.95.